The molecule has 2 aliphatic rings. The Balaban J connectivity index is 1.82. The lowest BCUT2D eigenvalue weighted by molar-refractivity contribution is 0.0691. The third-order valence-electron chi connectivity index (χ3n) is 4.60. The number of para-hydroxylation sites is 1. The van der Waals surface area contributed by atoms with Crippen LogP contribution in [0, 0.1) is 0 Å². The second-order valence-electron chi connectivity index (χ2n) is 6.13. The SMILES string of the molecule is C[C@H]1Cc2cccc(C(=O)N(C)C3CCCCC3)c2O1. The van der Waals surface area contributed by atoms with Crippen LogP contribution in [0.1, 0.15) is 54.9 Å². The van der Waals surface area contributed by atoms with Gasteiger partial charge in [0.2, 0.25) is 0 Å². The maximum Gasteiger partial charge on any atom is 0.257 e. The minimum absolute atomic E-state index is 0.114. The van der Waals surface area contributed by atoms with Gasteiger partial charge in [-0.2, -0.15) is 0 Å². The second-order valence-corrected chi connectivity index (χ2v) is 6.13. The van der Waals surface area contributed by atoms with E-state index in [-0.39, 0.29) is 12.0 Å². The zero-order chi connectivity index (χ0) is 14.1. The predicted molar refractivity (Wildman–Crippen MR) is 79.2 cm³/mol. The fourth-order valence-electron chi connectivity index (χ4n) is 3.43. The van der Waals surface area contributed by atoms with Gasteiger partial charge in [0, 0.05) is 19.5 Å². The number of ether oxygens (including phenoxy) is 1. The molecule has 1 atom stereocenters. The van der Waals surface area contributed by atoms with Crippen LogP contribution in [0.2, 0.25) is 0 Å². The molecule has 1 fully saturated rings. The number of benzene rings is 1. The van der Waals surface area contributed by atoms with E-state index in [0.717, 1.165) is 30.6 Å². The Kier molecular flexibility index (Phi) is 3.68. The molecule has 0 radical (unpaired) electrons. The van der Waals surface area contributed by atoms with E-state index in [9.17, 15) is 4.79 Å². The molecule has 1 aromatic carbocycles. The molecule has 0 N–H and O–H groups in total. The van der Waals surface area contributed by atoms with Crippen LogP contribution in [0.15, 0.2) is 18.2 Å². The van der Waals surface area contributed by atoms with Gasteiger partial charge in [0.1, 0.15) is 11.9 Å². The van der Waals surface area contributed by atoms with Crippen LogP contribution < -0.4 is 4.74 Å². The third kappa shape index (κ3) is 2.41. The molecule has 0 saturated heterocycles. The highest BCUT2D eigenvalue weighted by molar-refractivity contribution is 5.97. The maximum atomic E-state index is 12.8. The molecular weight excluding hydrogens is 250 g/mol. The van der Waals surface area contributed by atoms with Gasteiger partial charge in [-0.25, -0.2) is 0 Å². The quantitative estimate of drug-likeness (QED) is 0.826. The first-order valence-corrected chi connectivity index (χ1v) is 7.72. The Morgan fingerprint density at radius 3 is 2.75 bits per heavy atom. The van der Waals surface area contributed by atoms with E-state index in [1.165, 1.54) is 24.8 Å². The first-order chi connectivity index (χ1) is 9.66. The Morgan fingerprint density at radius 2 is 2.00 bits per heavy atom. The summed E-state index contributed by atoms with van der Waals surface area (Å²) >= 11 is 0. The van der Waals surface area contributed by atoms with Gasteiger partial charge in [0.15, 0.2) is 0 Å². The first kappa shape index (κ1) is 13.5. The highest BCUT2D eigenvalue weighted by Crippen LogP contribution is 2.34. The van der Waals surface area contributed by atoms with Crippen LogP contribution >= 0.6 is 0 Å². The van der Waals surface area contributed by atoms with Gasteiger partial charge < -0.3 is 9.64 Å². The Labute approximate surface area is 120 Å². The molecule has 20 heavy (non-hydrogen) atoms. The molecule has 1 aliphatic heterocycles. The Bertz CT molecular complexity index is 506. The van der Waals surface area contributed by atoms with Gasteiger partial charge in [0.05, 0.1) is 5.56 Å². The molecule has 0 aromatic heterocycles. The van der Waals surface area contributed by atoms with Crippen LogP contribution in [-0.4, -0.2) is 30.0 Å². The van der Waals surface area contributed by atoms with Gasteiger partial charge in [-0.1, -0.05) is 31.4 Å². The largest absolute Gasteiger partial charge is 0.489 e. The number of hydrogen-bond acceptors (Lipinski definition) is 2. The lowest BCUT2D eigenvalue weighted by Gasteiger charge is -2.31. The summed E-state index contributed by atoms with van der Waals surface area (Å²) in [5, 5.41) is 0. The molecule has 3 nitrogen and oxygen atoms in total. The summed E-state index contributed by atoms with van der Waals surface area (Å²) < 4.78 is 5.85. The zero-order valence-corrected chi connectivity index (χ0v) is 12.4. The number of rotatable bonds is 2. The molecule has 0 unspecified atom stereocenters. The van der Waals surface area contributed by atoms with Crippen LogP contribution in [0.5, 0.6) is 5.75 Å². The standard InChI is InChI=1S/C17H23NO2/c1-12-11-13-7-6-10-15(16(13)20-12)17(19)18(2)14-8-4-3-5-9-14/h6-7,10,12,14H,3-5,8-9,11H2,1-2H3/t12-/m0/s1. The fourth-order valence-corrected chi connectivity index (χ4v) is 3.43. The second kappa shape index (κ2) is 5.47. The molecule has 1 aromatic rings. The number of hydrogen-bond donors (Lipinski definition) is 0. The van der Waals surface area contributed by atoms with Crippen LogP contribution in [0.3, 0.4) is 0 Å². The summed E-state index contributed by atoms with van der Waals surface area (Å²) in [7, 11) is 1.94. The molecule has 1 aliphatic carbocycles. The molecule has 108 valence electrons. The van der Waals surface area contributed by atoms with Crippen molar-refractivity contribution in [2.45, 2.75) is 57.6 Å². The topological polar surface area (TPSA) is 29.5 Å². The van der Waals surface area contributed by atoms with Crippen LogP contribution in [-0.2, 0) is 6.42 Å². The van der Waals surface area contributed by atoms with E-state index < -0.39 is 0 Å². The third-order valence-corrected chi connectivity index (χ3v) is 4.60. The van der Waals surface area contributed by atoms with Crippen molar-refractivity contribution in [1.29, 1.82) is 0 Å². The van der Waals surface area contributed by atoms with E-state index >= 15 is 0 Å². The predicted octanol–water partition coefficient (Wildman–Crippen LogP) is 3.41. The summed E-state index contributed by atoms with van der Waals surface area (Å²) in [4.78, 5) is 14.7. The van der Waals surface area contributed by atoms with Gasteiger partial charge >= 0.3 is 0 Å². The van der Waals surface area contributed by atoms with Crippen molar-refractivity contribution in [3.63, 3.8) is 0 Å². The highest BCUT2D eigenvalue weighted by Gasteiger charge is 2.29. The molecule has 1 amide bonds. The van der Waals surface area contributed by atoms with Crippen molar-refractivity contribution in [3.8, 4) is 5.75 Å². The van der Waals surface area contributed by atoms with Crippen molar-refractivity contribution >= 4 is 5.91 Å². The maximum absolute atomic E-state index is 12.8. The lowest BCUT2D eigenvalue weighted by atomic mass is 9.94. The van der Waals surface area contributed by atoms with Crippen LogP contribution in [0.25, 0.3) is 0 Å². The van der Waals surface area contributed by atoms with Crippen molar-refractivity contribution in [1.82, 2.24) is 4.90 Å². The molecular formula is C17H23NO2. The lowest BCUT2D eigenvalue weighted by Crippen LogP contribution is -2.38. The van der Waals surface area contributed by atoms with Crippen molar-refractivity contribution in [2.24, 2.45) is 0 Å². The van der Waals surface area contributed by atoms with E-state index in [1.807, 2.05) is 24.1 Å². The van der Waals surface area contributed by atoms with Crippen molar-refractivity contribution in [3.05, 3.63) is 29.3 Å². The molecule has 3 rings (SSSR count). The van der Waals surface area contributed by atoms with E-state index in [2.05, 4.69) is 13.0 Å². The summed E-state index contributed by atoms with van der Waals surface area (Å²) in [6, 6.07) is 6.34. The van der Waals surface area contributed by atoms with Crippen LogP contribution in [0.4, 0.5) is 0 Å². The average Bonchev–Trinajstić information content (AvgIpc) is 2.86. The Morgan fingerprint density at radius 1 is 1.25 bits per heavy atom. The van der Waals surface area contributed by atoms with Gasteiger partial charge in [-0.3, -0.25) is 4.79 Å². The van der Waals surface area contributed by atoms with Crippen molar-refractivity contribution < 1.29 is 9.53 Å². The zero-order valence-electron chi connectivity index (χ0n) is 12.4. The molecule has 1 saturated carbocycles. The number of amides is 1. The normalized spacial score (nSPS) is 22.2. The van der Waals surface area contributed by atoms with E-state index in [0.29, 0.717) is 6.04 Å². The molecule has 3 heteroatoms. The number of carbonyl (C=O) groups excluding carboxylic acids is 1. The molecule has 0 bridgehead atoms. The summed E-state index contributed by atoms with van der Waals surface area (Å²) in [6.07, 6.45) is 7.14. The molecule has 1 heterocycles. The molecule has 0 spiro atoms. The number of fused-ring (bicyclic) bond motifs is 1. The summed E-state index contributed by atoms with van der Waals surface area (Å²) in [5.41, 5.74) is 1.90. The fraction of sp³-hybridized carbons (Fsp3) is 0.588. The average molecular weight is 273 g/mol. The van der Waals surface area contributed by atoms with E-state index in [4.69, 9.17) is 4.74 Å². The minimum Gasteiger partial charge on any atom is -0.489 e. The van der Waals surface area contributed by atoms with E-state index in [1.54, 1.807) is 0 Å². The summed E-state index contributed by atoms with van der Waals surface area (Å²) in [5.74, 6) is 0.926. The smallest absolute Gasteiger partial charge is 0.257 e. The first-order valence-electron chi connectivity index (χ1n) is 7.72. The van der Waals surface area contributed by atoms with Gasteiger partial charge in [0.25, 0.3) is 5.91 Å². The van der Waals surface area contributed by atoms with Crippen molar-refractivity contribution in [2.75, 3.05) is 7.05 Å². The highest BCUT2D eigenvalue weighted by atomic mass is 16.5. The monoisotopic (exact) mass is 273 g/mol. The summed E-state index contributed by atoms with van der Waals surface area (Å²) in [6.45, 7) is 2.05. The number of nitrogens with zero attached hydrogens (tertiary/aromatic N) is 1. The van der Waals surface area contributed by atoms with Gasteiger partial charge in [-0.05, 0) is 31.4 Å². The van der Waals surface area contributed by atoms with Gasteiger partial charge in [-0.15, -0.1) is 0 Å². The minimum atomic E-state index is 0.114. The Hall–Kier alpha value is -1.51. The number of carbonyl (C=O) groups is 1.